The van der Waals surface area contributed by atoms with E-state index in [9.17, 15) is 9.18 Å². The van der Waals surface area contributed by atoms with Crippen LogP contribution in [0.1, 0.15) is 0 Å². The van der Waals surface area contributed by atoms with Crippen LogP contribution in [0.3, 0.4) is 0 Å². The highest BCUT2D eigenvalue weighted by Gasteiger charge is 2.08. The second kappa shape index (κ2) is 3.90. The number of rotatable bonds is 1. The summed E-state index contributed by atoms with van der Waals surface area (Å²) in [5.41, 5.74) is 5.80. The van der Waals surface area contributed by atoms with Gasteiger partial charge < -0.3 is 10.7 Å². The molecule has 0 amide bonds. The molecule has 0 saturated heterocycles. The summed E-state index contributed by atoms with van der Waals surface area (Å²) in [5, 5.41) is 0. The van der Waals surface area contributed by atoms with Crippen molar-refractivity contribution in [3.8, 4) is 11.1 Å². The number of nitrogens with one attached hydrogen (secondary N) is 2. The van der Waals surface area contributed by atoms with Crippen molar-refractivity contribution in [2.24, 2.45) is 0 Å². The van der Waals surface area contributed by atoms with Gasteiger partial charge in [0.1, 0.15) is 11.6 Å². The minimum Gasteiger partial charge on any atom is -0.385 e. The van der Waals surface area contributed by atoms with Crippen molar-refractivity contribution in [2.45, 2.75) is 0 Å². The molecule has 0 atom stereocenters. The molecule has 0 aliphatic rings. The Morgan fingerprint density at radius 3 is 2.69 bits per heavy atom. The van der Waals surface area contributed by atoms with E-state index < -0.39 is 11.4 Å². The molecule has 2 aromatic rings. The summed E-state index contributed by atoms with van der Waals surface area (Å²) in [4.78, 5) is 16.6. The Balaban J connectivity index is 2.74. The predicted octanol–water partition coefficient (Wildman–Crippen LogP) is 1.82. The lowest BCUT2D eigenvalue weighted by atomic mass is 10.1. The highest BCUT2D eigenvalue weighted by atomic mass is 32.1. The molecule has 0 spiro atoms. The number of nitrogen functional groups attached to an aromatic ring is 1. The van der Waals surface area contributed by atoms with Crippen LogP contribution in [0.2, 0.25) is 0 Å². The third-order valence-corrected chi connectivity index (χ3v) is 2.29. The molecule has 1 aromatic carbocycles. The molecule has 2 rings (SSSR count). The second-order valence-electron chi connectivity index (χ2n) is 3.21. The van der Waals surface area contributed by atoms with Gasteiger partial charge in [-0.15, -0.1) is 0 Å². The molecule has 16 heavy (non-hydrogen) atoms. The normalized spacial score (nSPS) is 10.3. The summed E-state index contributed by atoms with van der Waals surface area (Å²) in [5.74, 6) is -0.307. The van der Waals surface area contributed by atoms with Crippen molar-refractivity contribution in [2.75, 3.05) is 5.73 Å². The van der Waals surface area contributed by atoms with Gasteiger partial charge in [-0.3, -0.25) is 9.78 Å². The fourth-order valence-corrected chi connectivity index (χ4v) is 1.64. The first-order valence-electron chi connectivity index (χ1n) is 4.46. The lowest BCUT2D eigenvalue weighted by molar-refractivity contribution is 0.628. The molecule has 6 heteroatoms. The zero-order valence-electron chi connectivity index (χ0n) is 8.08. The smallest absolute Gasteiger partial charge is 0.261 e. The summed E-state index contributed by atoms with van der Waals surface area (Å²) < 4.78 is 13.2. The van der Waals surface area contributed by atoms with E-state index in [-0.39, 0.29) is 16.2 Å². The standard InChI is InChI=1S/C10H8FN3OS/c11-6-3-1-2-5(4-6)7-8(12)13-10(16)14-9(7)15/h1-4H,(H4,12,13,14,15,16). The Kier molecular flexibility index (Phi) is 2.57. The number of benzene rings is 1. The van der Waals surface area contributed by atoms with Crippen LogP contribution in [-0.2, 0) is 0 Å². The van der Waals surface area contributed by atoms with Gasteiger partial charge in [0.25, 0.3) is 5.56 Å². The van der Waals surface area contributed by atoms with Crippen LogP contribution < -0.4 is 11.3 Å². The Morgan fingerprint density at radius 2 is 2.06 bits per heavy atom. The number of hydrogen-bond acceptors (Lipinski definition) is 3. The Hall–Kier alpha value is -1.95. The maximum absolute atomic E-state index is 13.0. The van der Waals surface area contributed by atoms with Gasteiger partial charge >= 0.3 is 0 Å². The fourth-order valence-electron chi connectivity index (χ4n) is 1.43. The van der Waals surface area contributed by atoms with Gasteiger partial charge in [-0.05, 0) is 29.9 Å². The molecule has 0 radical (unpaired) electrons. The van der Waals surface area contributed by atoms with E-state index in [0.717, 1.165) is 0 Å². The fraction of sp³-hybridized carbons (Fsp3) is 0. The first kappa shape index (κ1) is 10.6. The molecular weight excluding hydrogens is 229 g/mol. The zero-order chi connectivity index (χ0) is 11.7. The van der Waals surface area contributed by atoms with Crippen LogP contribution in [0.5, 0.6) is 0 Å². The summed E-state index contributed by atoms with van der Waals surface area (Å²) in [7, 11) is 0. The summed E-state index contributed by atoms with van der Waals surface area (Å²) in [6, 6.07) is 5.63. The minimum atomic E-state index is -0.438. The summed E-state index contributed by atoms with van der Waals surface area (Å²) >= 11 is 4.76. The van der Waals surface area contributed by atoms with Crippen molar-refractivity contribution in [1.82, 2.24) is 9.97 Å². The van der Waals surface area contributed by atoms with Gasteiger partial charge in [0.2, 0.25) is 0 Å². The molecule has 4 nitrogen and oxygen atoms in total. The van der Waals surface area contributed by atoms with Crippen molar-refractivity contribution in [3.63, 3.8) is 0 Å². The van der Waals surface area contributed by atoms with Crippen LogP contribution in [-0.4, -0.2) is 9.97 Å². The van der Waals surface area contributed by atoms with Crippen molar-refractivity contribution >= 4 is 18.0 Å². The van der Waals surface area contributed by atoms with Gasteiger partial charge in [0.15, 0.2) is 4.77 Å². The van der Waals surface area contributed by atoms with E-state index in [2.05, 4.69) is 9.97 Å². The van der Waals surface area contributed by atoms with E-state index in [4.69, 9.17) is 18.0 Å². The number of hydrogen-bond donors (Lipinski definition) is 3. The Labute approximate surface area is 95.0 Å². The highest BCUT2D eigenvalue weighted by Crippen LogP contribution is 2.20. The molecule has 1 aromatic heterocycles. The van der Waals surface area contributed by atoms with Crippen LogP contribution in [0.4, 0.5) is 10.2 Å². The van der Waals surface area contributed by atoms with E-state index in [1.807, 2.05) is 0 Å². The molecule has 0 aliphatic heterocycles. The molecule has 4 N–H and O–H groups in total. The third-order valence-electron chi connectivity index (χ3n) is 2.08. The van der Waals surface area contributed by atoms with Crippen molar-refractivity contribution < 1.29 is 4.39 Å². The molecule has 0 fully saturated rings. The average Bonchev–Trinajstić information content (AvgIpc) is 2.15. The number of aromatic nitrogens is 2. The minimum absolute atomic E-state index is 0.124. The van der Waals surface area contributed by atoms with Crippen LogP contribution in [0.25, 0.3) is 11.1 Å². The molecule has 0 bridgehead atoms. The Morgan fingerprint density at radius 1 is 1.31 bits per heavy atom. The Bertz CT molecular complexity index is 647. The first-order valence-corrected chi connectivity index (χ1v) is 4.87. The number of anilines is 1. The van der Waals surface area contributed by atoms with Gasteiger partial charge in [0.05, 0.1) is 5.56 Å². The molecule has 1 heterocycles. The summed E-state index contributed by atoms with van der Waals surface area (Å²) in [6.07, 6.45) is 0. The maximum atomic E-state index is 13.0. The quantitative estimate of drug-likeness (QED) is 0.662. The zero-order valence-corrected chi connectivity index (χ0v) is 8.90. The average molecular weight is 237 g/mol. The van der Waals surface area contributed by atoms with Crippen LogP contribution >= 0.6 is 12.2 Å². The largest absolute Gasteiger partial charge is 0.385 e. The van der Waals surface area contributed by atoms with E-state index in [0.29, 0.717) is 5.56 Å². The number of halogens is 1. The van der Waals surface area contributed by atoms with Gasteiger partial charge in [0, 0.05) is 0 Å². The lowest BCUT2D eigenvalue weighted by Crippen LogP contribution is -2.13. The van der Waals surface area contributed by atoms with E-state index in [1.54, 1.807) is 6.07 Å². The SMILES string of the molecule is Nc1[nH]c(=S)[nH]c(=O)c1-c1cccc(F)c1. The first-order chi connectivity index (χ1) is 7.58. The highest BCUT2D eigenvalue weighted by molar-refractivity contribution is 7.71. The molecular formula is C10H8FN3OS. The van der Waals surface area contributed by atoms with Crippen molar-refractivity contribution in [3.05, 3.63) is 45.2 Å². The lowest BCUT2D eigenvalue weighted by Gasteiger charge is -2.04. The molecule has 0 aliphatic carbocycles. The second-order valence-corrected chi connectivity index (χ2v) is 3.62. The monoisotopic (exact) mass is 237 g/mol. The van der Waals surface area contributed by atoms with Crippen molar-refractivity contribution in [1.29, 1.82) is 0 Å². The molecule has 0 saturated carbocycles. The van der Waals surface area contributed by atoms with Gasteiger partial charge in [-0.25, -0.2) is 4.39 Å². The van der Waals surface area contributed by atoms with E-state index >= 15 is 0 Å². The van der Waals surface area contributed by atoms with Gasteiger partial charge in [-0.2, -0.15) is 0 Å². The number of H-pyrrole nitrogens is 2. The predicted molar refractivity (Wildman–Crippen MR) is 62.1 cm³/mol. The number of nitrogens with two attached hydrogens (primary N) is 1. The topological polar surface area (TPSA) is 74.7 Å². The number of aromatic amines is 2. The van der Waals surface area contributed by atoms with Crippen LogP contribution in [0, 0.1) is 10.6 Å². The maximum Gasteiger partial charge on any atom is 0.261 e. The van der Waals surface area contributed by atoms with E-state index in [1.165, 1.54) is 18.2 Å². The molecule has 82 valence electrons. The third kappa shape index (κ3) is 1.87. The van der Waals surface area contributed by atoms with Gasteiger partial charge in [-0.1, -0.05) is 12.1 Å². The van der Waals surface area contributed by atoms with Crippen LogP contribution in [0.15, 0.2) is 29.1 Å². The summed E-state index contributed by atoms with van der Waals surface area (Å²) in [6.45, 7) is 0. The molecule has 0 unspecified atom stereocenters.